The van der Waals surface area contributed by atoms with Gasteiger partial charge in [0.1, 0.15) is 0 Å². The van der Waals surface area contributed by atoms with Gasteiger partial charge in [-0.1, -0.05) is 33.3 Å². The molecule has 0 heterocycles. The first-order chi connectivity index (χ1) is 6.65. The van der Waals surface area contributed by atoms with Crippen LogP contribution < -0.4 is 5.73 Å². The van der Waals surface area contributed by atoms with Crippen LogP contribution in [0.4, 0.5) is 0 Å². The first-order valence-electron chi connectivity index (χ1n) is 5.74. The van der Waals surface area contributed by atoms with Crippen LogP contribution in [-0.2, 0) is 0 Å². The largest absolute Gasteiger partial charge is 0.326 e. The Morgan fingerprint density at radius 3 is 2.50 bits per heavy atom. The van der Waals surface area contributed by atoms with Crippen molar-refractivity contribution < 1.29 is 0 Å². The molecule has 0 aliphatic carbocycles. The minimum atomic E-state index is 0.298. The second-order valence-electron chi connectivity index (χ2n) is 4.10. The molecule has 2 N–H and O–H groups in total. The lowest BCUT2D eigenvalue weighted by Gasteiger charge is -2.27. The molecule has 2 atom stereocenters. The summed E-state index contributed by atoms with van der Waals surface area (Å²) in [5.41, 5.74) is 6.11. The first kappa shape index (κ1) is 13.7. The van der Waals surface area contributed by atoms with E-state index in [1.165, 1.54) is 6.42 Å². The van der Waals surface area contributed by atoms with Crippen LogP contribution in [0.1, 0.15) is 33.6 Å². The van der Waals surface area contributed by atoms with Crippen LogP contribution in [0.5, 0.6) is 0 Å². The van der Waals surface area contributed by atoms with E-state index in [4.69, 9.17) is 5.73 Å². The van der Waals surface area contributed by atoms with Gasteiger partial charge in [-0.15, -0.1) is 6.58 Å². The van der Waals surface area contributed by atoms with Crippen molar-refractivity contribution in [2.24, 2.45) is 11.7 Å². The van der Waals surface area contributed by atoms with E-state index in [1.807, 2.05) is 6.08 Å². The minimum absolute atomic E-state index is 0.298. The maximum Gasteiger partial charge on any atom is 0.0193 e. The van der Waals surface area contributed by atoms with Gasteiger partial charge in [-0.05, 0) is 18.9 Å². The molecule has 0 aromatic carbocycles. The molecule has 2 nitrogen and oxygen atoms in total. The fraction of sp³-hybridized carbons (Fsp3) is 0.833. The fourth-order valence-electron chi connectivity index (χ4n) is 1.54. The third kappa shape index (κ3) is 5.40. The zero-order valence-electron chi connectivity index (χ0n) is 10.00. The first-order valence-corrected chi connectivity index (χ1v) is 5.74. The predicted octanol–water partition coefficient (Wildman–Crippen LogP) is 2.26. The Kier molecular flexibility index (Phi) is 7.81. The molecular formula is C12H26N2. The van der Waals surface area contributed by atoms with E-state index >= 15 is 0 Å². The van der Waals surface area contributed by atoms with Gasteiger partial charge in [0, 0.05) is 19.1 Å². The van der Waals surface area contributed by atoms with Gasteiger partial charge in [0.2, 0.25) is 0 Å². The van der Waals surface area contributed by atoms with E-state index in [0.29, 0.717) is 12.0 Å². The number of rotatable bonds is 8. The van der Waals surface area contributed by atoms with Crippen LogP contribution in [0.25, 0.3) is 0 Å². The van der Waals surface area contributed by atoms with E-state index in [2.05, 4.69) is 32.3 Å². The number of hydrogen-bond donors (Lipinski definition) is 1. The maximum absolute atomic E-state index is 6.11. The van der Waals surface area contributed by atoms with Gasteiger partial charge in [-0.2, -0.15) is 0 Å². The van der Waals surface area contributed by atoms with Crippen LogP contribution >= 0.6 is 0 Å². The molecule has 0 rings (SSSR count). The van der Waals surface area contributed by atoms with E-state index in [-0.39, 0.29) is 0 Å². The summed E-state index contributed by atoms with van der Waals surface area (Å²) < 4.78 is 0. The van der Waals surface area contributed by atoms with E-state index in [1.54, 1.807) is 0 Å². The summed E-state index contributed by atoms with van der Waals surface area (Å²) in [6.45, 7) is 13.5. The van der Waals surface area contributed by atoms with Gasteiger partial charge in [0.05, 0.1) is 0 Å². The Morgan fingerprint density at radius 1 is 1.43 bits per heavy atom. The number of nitrogens with two attached hydrogens (primary N) is 1. The zero-order chi connectivity index (χ0) is 11.0. The highest BCUT2D eigenvalue weighted by Gasteiger charge is 2.13. The highest BCUT2D eigenvalue weighted by molar-refractivity contribution is 4.78. The molecule has 2 unspecified atom stereocenters. The van der Waals surface area contributed by atoms with Crippen molar-refractivity contribution >= 4 is 0 Å². The van der Waals surface area contributed by atoms with Gasteiger partial charge >= 0.3 is 0 Å². The maximum atomic E-state index is 6.11. The van der Waals surface area contributed by atoms with Crippen molar-refractivity contribution in [1.29, 1.82) is 0 Å². The SMILES string of the molecule is C=CCN(CCC)CC(N)C(C)CC. The molecule has 0 aliphatic heterocycles. The van der Waals surface area contributed by atoms with Crippen molar-refractivity contribution in [2.75, 3.05) is 19.6 Å². The Bertz CT molecular complexity index is 145. The van der Waals surface area contributed by atoms with Crippen molar-refractivity contribution in [1.82, 2.24) is 4.90 Å². The molecule has 0 aliphatic rings. The summed E-state index contributed by atoms with van der Waals surface area (Å²) in [7, 11) is 0. The van der Waals surface area contributed by atoms with Gasteiger partial charge in [0.15, 0.2) is 0 Å². The summed E-state index contributed by atoms with van der Waals surface area (Å²) in [6, 6.07) is 0.298. The molecular weight excluding hydrogens is 172 g/mol. The zero-order valence-corrected chi connectivity index (χ0v) is 10.00. The smallest absolute Gasteiger partial charge is 0.0193 e. The average Bonchev–Trinajstić information content (AvgIpc) is 2.17. The van der Waals surface area contributed by atoms with Crippen LogP contribution in [0.15, 0.2) is 12.7 Å². The predicted molar refractivity (Wildman–Crippen MR) is 64.4 cm³/mol. The standard InChI is InChI=1S/C12H26N2/c1-5-8-14(9-6-2)10-12(13)11(4)7-3/h5,11-12H,1,6-10,13H2,2-4H3. The topological polar surface area (TPSA) is 29.3 Å². The normalized spacial score (nSPS) is 15.5. The van der Waals surface area contributed by atoms with Crippen molar-refractivity contribution in [3.05, 3.63) is 12.7 Å². The highest BCUT2D eigenvalue weighted by Crippen LogP contribution is 2.07. The quantitative estimate of drug-likeness (QED) is 0.606. The molecule has 0 amide bonds. The summed E-state index contributed by atoms with van der Waals surface area (Å²) in [6.07, 6.45) is 4.30. The monoisotopic (exact) mass is 198 g/mol. The summed E-state index contributed by atoms with van der Waals surface area (Å²) >= 11 is 0. The van der Waals surface area contributed by atoms with Crippen molar-refractivity contribution in [2.45, 2.75) is 39.7 Å². The van der Waals surface area contributed by atoms with Gasteiger partial charge in [-0.3, -0.25) is 4.90 Å². The summed E-state index contributed by atoms with van der Waals surface area (Å²) in [5, 5.41) is 0. The van der Waals surface area contributed by atoms with E-state index in [0.717, 1.165) is 26.1 Å². The van der Waals surface area contributed by atoms with Crippen LogP contribution in [0.2, 0.25) is 0 Å². The third-order valence-electron chi connectivity index (χ3n) is 2.77. The lowest BCUT2D eigenvalue weighted by molar-refractivity contribution is 0.252. The minimum Gasteiger partial charge on any atom is -0.326 e. The molecule has 14 heavy (non-hydrogen) atoms. The molecule has 0 aromatic heterocycles. The second-order valence-corrected chi connectivity index (χ2v) is 4.10. The van der Waals surface area contributed by atoms with Gasteiger partial charge in [0.25, 0.3) is 0 Å². The van der Waals surface area contributed by atoms with Gasteiger partial charge in [-0.25, -0.2) is 0 Å². The van der Waals surface area contributed by atoms with Crippen LogP contribution in [-0.4, -0.2) is 30.6 Å². The Labute approximate surface area is 89.2 Å². The molecule has 0 saturated carbocycles. The number of hydrogen-bond acceptors (Lipinski definition) is 2. The number of nitrogens with zero attached hydrogens (tertiary/aromatic N) is 1. The molecule has 0 spiro atoms. The molecule has 0 bridgehead atoms. The second kappa shape index (κ2) is 8.01. The Morgan fingerprint density at radius 2 is 2.07 bits per heavy atom. The lowest BCUT2D eigenvalue weighted by Crippen LogP contribution is -2.41. The highest BCUT2D eigenvalue weighted by atomic mass is 15.1. The third-order valence-corrected chi connectivity index (χ3v) is 2.77. The summed E-state index contributed by atoms with van der Waals surface area (Å²) in [4.78, 5) is 2.38. The van der Waals surface area contributed by atoms with E-state index < -0.39 is 0 Å². The van der Waals surface area contributed by atoms with E-state index in [9.17, 15) is 0 Å². The molecule has 0 saturated heterocycles. The Hall–Kier alpha value is -0.340. The lowest BCUT2D eigenvalue weighted by atomic mass is 9.99. The van der Waals surface area contributed by atoms with Crippen LogP contribution in [0, 0.1) is 5.92 Å². The van der Waals surface area contributed by atoms with Crippen molar-refractivity contribution in [3.8, 4) is 0 Å². The molecule has 2 heteroatoms. The van der Waals surface area contributed by atoms with Crippen molar-refractivity contribution in [3.63, 3.8) is 0 Å². The average molecular weight is 198 g/mol. The fourth-order valence-corrected chi connectivity index (χ4v) is 1.54. The molecule has 0 aromatic rings. The molecule has 0 fully saturated rings. The van der Waals surface area contributed by atoms with Crippen LogP contribution in [0.3, 0.4) is 0 Å². The molecule has 84 valence electrons. The molecule has 0 radical (unpaired) electrons. The Balaban J connectivity index is 3.93. The van der Waals surface area contributed by atoms with Gasteiger partial charge < -0.3 is 5.73 Å². The summed E-state index contributed by atoms with van der Waals surface area (Å²) in [5.74, 6) is 0.610.